The Morgan fingerprint density at radius 2 is 1.76 bits per heavy atom. The fourth-order valence-corrected chi connectivity index (χ4v) is 4.27. The van der Waals surface area contributed by atoms with Crippen molar-refractivity contribution in [2.45, 2.75) is 44.6 Å². The number of carbonyl (C=O) groups excluding carboxylic acids is 1. The lowest BCUT2D eigenvalue weighted by atomic mass is 9.73. The van der Waals surface area contributed by atoms with Crippen molar-refractivity contribution in [2.75, 3.05) is 7.05 Å². The van der Waals surface area contributed by atoms with Crippen molar-refractivity contribution in [1.29, 1.82) is 0 Å². The predicted molar refractivity (Wildman–Crippen MR) is 127 cm³/mol. The monoisotopic (exact) mass is 445 g/mol. The van der Waals surface area contributed by atoms with E-state index in [9.17, 15) is 9.18 Å². The zero-order valence-corrected chi connectivity index (χ0v) is 19.5. The van der Waals surface area contributed by atoms with Crippen molar-refractivity contribution in [3.63, 3.8) is 0 Å². The number of likely N-dealkylation sites (N-methyl/N-ethyl adjacent to an activating group) is 1. The number of nitrogens with zero attached hydrogens (tertiary/aromatic N) is 4. The summed E-state index contributed by atoms with van der Waals surface area (Å²) in [6, 6.07) is 14.9. The third-order valence-electron chi connectivity index (χ3n) is 6.32. The molecule has 2 aromatic heterocycles. The normalized spacial score (nSPS) is 21.2. The molecule has 1 aliphatic rings. The molecular formula is C26H28FN5O. The highest BCUT2D eigenvalue weighted by atomic mass is 19.1. The highest BCUT2D eigenvalue weighted by Crippen LogP contribution is 2.44. The fraction of sp³-hybridized carbons (Fsp3) is 0.308. The van der Waals surface area contributed by atoms with Gasteiger partial charge < -0.3 is 5.73 Å². The van der Waals surface area contributed by atoms with E-state index in [4.69, 9.17) is 10.7 Å². The van der Waals surface area contributed by atoms with Crippen LogP contribution in [0, 0.1) is 5.95 Å². The van der Waals surface area contributed by atoms with Gasteiger partial charge in [-0.15, -0.1) is 0 Å². The fourth-order valence-electron chi connectivity index (χ4n) is 4.27. The molecule has 0 radical (unpaired) electrons. The molecule has 33 heavy (non-hydrogen) atoms. The molecule has 3 aromatic rings. The predicted octanol–water partition coefficient (Wildman–Crippen LogP) is 4.37. The molecule has 0 saturated carbocycles. The van der Waals surface area contributed by atoms with Crippen LogP contribution in [-0.4, -0.2) is 33.8 Å². The maximum atomic E-state index is 14.3. The lowest BCUT2D eigenvalue weighted by molar-refractivity contribution is -0.130. The summed E-state index contributed by atoms with van der Waals surface area (Å²) in [6.45, 7) is 8.32. The number of aliphatic imine (C=N–C) groups is 1. The third-order valence-corrected chi connectivity index (χ3v) is 6.32. The molecule has 170 valence electrons. The van der Waals surface area contributed by atoms with E-state index in [1.54, 1.807) is 37.5 Å². The first-order chi connectivity index (χ1) is 15.5. The first-order valence-electron chi connectivity index (χ1n) is 10.8. The molecule has 0 saturated heterocycles. The van der Waals surface area contributed by atoms with Crippen LogP contribution < -0.4 is 5.73 Å². The van der Waals surface area contributed by atoms with Gasteiger partial charge in [0, 0.05) is 19.4 Å². The molecule has 2 atom stereocenters. The summed E-state index contributed by atoms with van der Waals surface area (Å²) in [4.78, 5) is 27.7. The van der Waals surface area contributed by atoms with Crippen molar-refractivity contribution in [1.82, 2.24) is 14.9 Å². The molecule has 0 aliphatic carbocycles. The van der Waals surface area contributed by atoms with Crippen molar-refractivity contribution in [3.05, 3.63) is 83.6 Å². The quantitative estimate of drug-likeness (QED) is 0.607. The summed E-state index contributed by atoms with van der Waals surface area (Å²) < 4.78 is 14.3. The van der Waals surface area contributed by atoms with Gasteiger partial charge >= 0.3 is 0 Å². The summed E-state index contributed by atoms with van der Waals surface area (Å²) >= 11 is 0. The second-order valence-corrected chi connectivity index (χ2v) is 9.59. The van der Waals surface area contributed by atoms with Crippen molar-refractivity contribution >= 4 is 11.9 Å². The van der Waals surface area contributed by atoms with E-state index in [-0.39, 0.29) is 22.8 Å². The van der Waals surface area contributed by atoms with E-state index in [0.717, 1.165) is 5.56 Å². The minimum atomic E-state index is -1.01. The maximum absolute atomic E-state index is 14.3. The van der Waals surface area contributed by atoms with E-state index < -0.39 is 17.4 Å². The molecule has 0 fully saturated rings. The Kier molecular flexibility index (Phi) is 5.52. The molecule has 1 aromatic carbocycles. The van der Waals surface area contributed by atoms with E-state index >= 15 is 0 Å². The highest BCUT2D eigenvalue weighted by molar-refractivity contribution is 6.02. The van der Waals surface area contributed by atoms with Gasteiger partial charge in [0.05, 0.1) is 17.2 Å². The number of hydrogen-bond acceptors (Lipinski definition) is 5. The average molecular weight is 446 g/mol. The zero-order chi connectivity index (χ0) is 24.0. The minimum Gasteiger partial charge on any atom is -0.369 e. The smallest absolute Gasteiger partial charge is 0.239 e. The molecule has 1 unspecified atom stereocenters. The molecule has 0 bridgehead atoms. The van der Waals surface area contributed by atoms with Crippen molar-refractivity contribution < 1.29 is 9.18 Å². The SMILES string of the molecule is CN1C(=O)C(c2ccc(C(C)(C)C)cc2)[C@@](C)(c2ccnc(-c3cccnc3F)c2)N=C1N. The third kappa shape index (κ3) is 3.99. The second kappa shape index (κ2) is 8.06. The van der Waals surface area contributed by atoms with Crippen LogP contribution in [0.15, 0.2) is 65.9 Å². The van der Waals surface area contributed by atoms with Gasteiger partial charge in [-0.2, -0.15) is 4.39 Å². The van der Waals surface area contributed by atoms with Crippen LogP contribution in [0.25, 0.3) is 11.3 Å². The van der Waals surface area contributed by atoms with Crippen LogP contribution in [-0.2, 0) is 15.7 Å². The number of benzene rings is 1. The molecule has 3 heterocycles. The Hall–Kier alpha value is -3.61. The van der Waals surface area contributed by atoms with Crippen LogP contribution in [0.1, 0.15) is 50.3 Å². The van der Waals surface area contributed by atoms with E-state index in [0.29, 0.717) is 11.3 Å². The summed E-state index contributed by atoms with van der Waals surface area (Å²) in [5, 5.41) is 0. The standard InChI is InChI=1S/C26H28FN5O/c1-25(2,3)17-10-8-16(9-11-17)21-23(33)32(5)24(28)31-26(21,4)18-12-14-29-20(15-18)19-7-6-13-30-22(19)27/h6-15,21H,1-5H3,(H2,28,31)/t21?,26-/m1/s1. The number of guanidine groups is 1. The molecule has 0 spiro atoms. The van der Waals surface area contributed by atoms with Crippen molar-refractivity contribution in [2.24, 2.45) is 10.7 Å². The van der Waals surface area contributed by atoms with Gasteiger partial charge in [-0.1, -0.05) is 45.0 Å². The van der Waals surface area contributed by atoms with Crippen LogP contribution in [0.3, 0.4) is 0 Å². The van der Waals surface area contributed by atoms with Gasteiger partial charge in [0.2, 0.25) is 11.9 Å². The lowest BCUT2D eigenvalue weighted by Crippen LogP contribution is -2.52. The summed E-state index contributed by atoms with van der Waals surface area (Å²) in [7, 11) is 1.63. The average Bonchev–Trinajstić information content (AvgIpc) is 2.78. The number of hydrogen-bond donors (Lipinski definition) is 1. The molecular weight excluding hydrogens is 417 g/mol. The van der Waals surface area contributed by atoms with Crippen LogP contribution >= 0.6 is 0 Å². The van der Waals surface area contributed by atoms with Gasteiger partial charge in [-0.05, 0) is 53.3 Å². The largest absolute Gasteiger partial charge is 0.369 e. The Bertz CT molecular complexity index is 1230. The molecule has 7 heteroatoms. The maximum Gasteiger partial charge on any atom is 0.239 e. The van der Waals surface area contributed by atoms with Crippen LogP contribution in [0.5, 0.6) is 0 Å². The number of halogens is 1. The first-order valence-corrected chi connectivity index (χ1v) is 10.8. The number of rotatable bonds is 3. The van der Waals surface area contributed by atoms with Crippen LogP contribution in [0.2, 0.25) is 0 Å². The van der Waals surface area contributed by atoms with Crippen LogP contribution in [0.4, 0.5) is 4.39 Å². The summed E-state index contributed by atoms with van der Waals surface area (Å²) in [6.07, 6.45) is 2.98. The Morgan fingerprint density at radius 1 is 1.06 bits per heavy atom. The van der Waals surface area contributed by atoms with Gasteiger partial charge in [-0.3, -0.25) is 14.7 Å². The van der Waals surface area contributed by atoms with Crippen molar-refractivity contribution in [3.8, 4) is 11.3 Å². The number of amides is 1. The van der Waals surface area contributed by atoms with Gasteiger partial charge in [0.1, 0.15) is 5.54 Å². The van der Waals surface area contributed by atoms with Gasteiger partial charge in [0.15, 0.2) is 5.96 Å². The first kappa shape index (κ1) is 22.6. The Labute approximate surface area is 193 Å². The number of nitrogens with two attached hydrogens (primary N) is 1. The summed E-state index contributed by atoms with van der Waals surface area (Å²) in [5.41, 5.74) is 8.55. The molecule has 4 rings (SSSR count). The minimum absolute atomic E-state index is 0.00836. The van der Waals surface area contributed by atoms with Gasteiger partial charge in [-0.25, -0.2) is 9.98 Å². The van der Waals surface area contributed by atoms with E-state index in [1.807, 2.05) is 31.2 Å². The topological polar surface area (TPSA) is 84.5 Å². The molecule has 1 aliphatic heterocycles. The van der Waals surface area contributed by atoms with E-state index in [2.05, 4.69) is 30.7 Å². The Morgan fingerprint density at radius 3 is 2.39 bits per heavy atom. The summed E-state index contributed by atoms with van der Waals surface area (Å²) in [5.74, 6) is -1.24. The zero-order valence-electron chi connectivity index (χ0n) is 19.5. The molecule has 6 nitrogen and oxygen atoms in total. The number of aromatic nitrogens is 2. The Balaban J connectivity index is 1.86. The van der Waals surface area contributed by atoms with Gasteiger partial charge in [0.25, 0.3) is 0 Å². The second-order valence-electron chi connectivity index (χ2n) is 9.59. The van der Waals surface area contributed by atoms with E-state index in [1.165, 1.54) is 16.7 Å². The lowest BCUT2D eigenvalue weighted by Gasteiger charge is -2.41. The molecule has 2 N–H and O–H groups in total. The number of pyridine rings is 2. The number of carbonyl (C=O) groups is 1. The highest BCUT2D eigenvalue weighted by Gasteiger charge is 2.47. The molecule has 1 amide bonds.